The van der Waals surface area contributed by atoms with Gasteiger partial charge in [0.15, 0.2) is 5.75 Å². The third kappa shape index (κ3) is 15.3. The van der Waals surface area contributed by atoms with E-state index in [2.05, 4.69) is 12.2 Å². The van der Waals surface area contributed by atoms with Crippen molar-refractivity contribution in [1.29, 1.82) is 0 Å². The quantitative estimate of drug-likeness (QED) is 0.0725. The monoisotopic (exact) mass is 520 g/mol. The molecule has 0 radical (unpaired) electrons. The zero-order valence-corrected chi connectivity index (χ0v) is 23.0. The first-order chi connectivity index (χ1) is 17.9. The van der Waals surface area contributed by atoms with E-state index in [9.17, 15) is 24.8 Å². The van der Waals surface area contributed by atoms with Crippen LogP contribution < -0.4 is 5.32 Å². The van der Waals surface area contributed by atoms with Gasteiger partial charge in [-0.2, -0.15) is 0 Å². The topological polar surface area (TPSA) is 119 Å². The zero-order valence-electron chi connectivity index (χ0n) is 23.0. The molecule has 0 saturated carbocycles. The molecule has 8 nitrogen and oxygen atoms in total. The van der Waals surface area contributed by atoms with Gasteiger partial charge in [0.1, 0.15) is 6.04 Å². The number of aromatic hydroxyl groups is 1. The normalized spacial score (nSPS) is 11.7. The van der Waals surface area contributed by atoms with Crippen LogP contribution in [0.3, 0.4) is 0 Å². The van der Waals surface area contributed by atoms with Crippen molar-refractivity contribution in [1.82, 2.24) is 5.32 Å². The molecule has 0 aliphatic heterocycles. The Morgan fingerprint density at radius 2 is 1.41 bits per heavy atom. The third-order valence-corrected chi connectivity index (χ3v) is 6.59. The highest BCUT2D eigenvalue weighted by Gasteiger charge is 2.24. The highest BCUT2D eigenvalue weighted by Crippen LogP contribution is 2.27. The third-order valence-electron chi connectivity index (χ3n) is 6.59. The van der Waals surface area contributed by atoms with E-state index >= 15 is 0 Å². The molecule has 8 heteroatoms. The molecule has 0 saturated heterocycles. The number of carbonyl (C=O) groups excluding carboxylic acids is 2. The van der Waals surface area contributed by atoms with Gasteiger partial charge in [0, 0.05) is 18.9 Å². The number of phenolic OH excluding ortho intramolecular Hbond substituents is 1. The van der Waals surface area contributed by atoms with Crippen molar-refractivity contribution in [2.45, 2.75) is 129 Å². The van der Waals surface area contributed by atoms with Crippen molar-refractivity contribution >= 4 is 17.6 Å². The van der Waals surface area contributed by atoms with Gasteiger partial charge in [-0.15, -0.1) is 0 Å². The lowest BCUT2D eigenvalue weighted by atomic mass is 10.0. The molecule has 0 fully saturated rings. The van der Waals surface area contributed by atoms with Gasteiger partial charge in [-0.05, 0) is 25.0 Å². The fraction of sp³-hybridized carbons (Fsp3) is 0.724. The van der Waals surface area contributed by atoms with Gasteiger partial charge in [-0.25, -0.2) is 4.79 Å². The molecule has 0 aliphatic carbocycles. The molecule has 0 spiro atoms. The Morgan fingerprint density at radius 1 is 0.892 bits per heavy atom. The maximum Gasteiger partial charge on any atom is 0.328 e. The number of nitro groups is 1. The maximum absolute atomic E-state index is 12.4. The number of rotatable bonds is 22. The first kappa shape index (κ1) is 32.4. The van der Waals surface area contributed by atoms with Crippen LogP contribution in [0.1, 0.15) is 122 Å². The molecule has 0 heterocycles. The average Bonchev–Trinajstić information content (AvgIpc) is 2.87. The van der Waals surface area contributed by atoms with Crippen LogP contribution in [0.25, 0.3) is 0 Å². The fourth-order valence-corrected chi connectivity index (χ4v) is 4.44. The molecule has 0 bridgehead atoms. The van der Waals surface area contributed by atoms with Crippen molar-refractivity contribution in [3.63, 3.8) is 0 Å². The molecule has 210 valence electrons. The predicted octanol–water partition coefficient (Wildman–Crippen LogP) is 7.15. The Balaban J connectivity index is 2.23. The van der Waals surface area contributed by atoms with Crippen LogP contribution in [-0.2, 0) is 20.7 Å². The van der Waals surface area contributed by atoms with Crippen LogP contribution in [0.4, 0.5) is 5.69 Å². The van der Waals surface area contributed by atoms with E-state index in [-0.39, 0.29) is 18.9 Å². The van der Waals surface area contributed by atoms with Crippen molar-refractivity contribution < 1.29 is 24.4 Å². The van der Waals surface area contributed by atoms with E-state index in [1.54, 1.807) is 6.92 Å². The van der Waals surface area contributed by atoms with Crippen LogP contribution in [0, 0.1) is 10.1 Å². The molecule has 1 atom stereocenters. The fourth-order valence-electron chi connectivity index (χ4n) is 4.44. The molecule has 37 heavy (non-hydrogen) atoms. The van der Waals surface area contributed by atoms with E-state index in [1.165, 1.54) is 95.2 Å². The Kier molecular flexibility index (Phi) is 17.9. The minimum Gasteiger partial charge on any atom is -0.502 e. The second-order valence-corrected chi connectivity index (χ2v) is 9.86. The Labute approximate surface area is 222 Å². The summed E-state index contributed by atoms with van der Waals surface area (Å²) in [5.74, 6) is -1.26. The summed E-state index contributed by atoms with van der Waals surface area (Å²) >= 11 is 0. The number of phenols is 1. The Bertz CT molecular complexity index is 799. The van der Waals surface area contributed by atoms with E-state index < -0.39 is 28.4 Å². The molecule has 0 aromatic heterocycles. The molecule has 1 amide bonds. The number of unbranched alkanes of at least 4 members (excludes halogenated alkanes) is 14. The summed E-state index contributed by atoms with van der Waals surface area (Å²) in [5, 5.41) is 23.4. The number of esters is 1. The standard InChI is InChI=1S/C29H48N2O6/c1-3-5-6-7-8-9-10-11-12-13-14-15-16-17-18-19-28(33)30-25(29(34)37-4-2)22-24-20-21-27(32)26(23-24)31(35)36/h20-21,23,25,32H,3-19,22H2,1-2H3,(H,30,33)/t25-/m0/s1. The van der Waals surface area contributed by atoms with E-state index in [0.29, 0.717) is 12.0 Å². The highest BCUT2D eigenvalue weighted by atomic mass is 16.6. The minimum absolute atomic E-state index is 0.0462. The van der Waals surface area contributed by atoms with Crippen molar-refractivity contribution in [2.24, 2.45) is 0 Å². The minimum atomic E-state index is -0.937. The second kappa shape index (κ2) is 20.4. The van der Waals surface area contributed by atoms with Gasteiger partial charge in [0.05, 0.1) is 11.5 Å². The average molecular weight is 521 g/mol. The number of amides is 1. The van der Waals surface area contributed by atoms with Gasteiger partial charge in [-0.1, -0.05) is 103 Å². The summed E-state index contributed by atoms with van der Waals surface area (Å²) in [4.78, 5) is 35.2. The molecule has 1 aromatic carbocycles. The maximum atomic E-state index is 12.4. The number of ether oxygens (including phenoxy) is 1. The largest absolute Gasteiger partial charge is 0.502 e. The zero-order chi connectivity index (χ0) is 27.3. The lowest BCUT2D eigenvalue weighted by molar-refractivity contribution is -0.385. The molecule has 0 aliphatic rings. The molecule has 0 unspecified atom stereocenters. The van der Waals surface area contributed by atoms with E-state index in [0.717, 1.165) is 19.3 Å². The number of nitro benzene ring substituents is 1. The summed E-state index contributed by atoms with van der Waals surface area (Å²) < 4.78 is 5.07. The van der Waals surface area contributed by atoms with Crippen molar-refractivity contribution in [2.75, 3.05) is 6.61 Å². The number of benzene rings is 1. The summed E-state index contributed by atoms with van der Waals surface area (Å²) in [6.45, 7) is 4.10. The number of hydrogen-bond acceptors (Lipinski definition) is 6. The summed E-state index contributed by atoms with van der Waals surface area (Å²) in [6.07, 6.45) is 19.1. The lowest BCUT2D eigenvalue weighted by Crippen LogP contribution is -2.43. The molecule has 2 N–H and O–H groups in total. The summed E-state index contributed by atoms with van der Waals surface area (Å²) in [7, 11) is 0. The van der Waals surface area contributed by atoms with Gasteiger partial charge in [-0.3, -0.25) is 14.9 Å². The second-order valence-electron chi connectivity index (χ2n) is 9.86. The SMILES string of the molecule is CCCCCCCCCCCCCCCCCC(=O)N[C@@H](Cc1ccc(O)c([N+](=O)[O-])c1)C(=O)OCC. The highest BCUT2D eigenvalue weighted by molar-refractivity contribution is 5.84. The van der Waals surface area contributed by atoms with E-state index in [4.69, 9.17) is 4.74 Å². The van der Waals surface area contributed by atoms with Crippen LogP contribution in [0.15, 0.2) is 18.2 Å². The Morgan fingerprint density at radius 3 is 1.89 bits per heavy atom. The van der Waals surface area contributed by atoms with Crippen LogP contribution in [-0.4, -0.2) is 34.6 Å². The van der Waals surface area contributed by atoms with Crippen molar-refractivity contribution in [3.05, 3.63) is 33.9 Å². The number of nitrogens with one attached hydrogen (secondary N) is 1. The van der Waals surface area contributed by atoms with Gasteiger partial charge < -0.3 is 15.2 Å². The van der Waals surface area contributed by atoms with Crippen molar-refractivity contribution in [3.8, 4) is 5.75 Å². The number of carbonyl (C=O) groups is 2. The van der Waals surface area contributed by atoms with Gasteiger partial charge in [0.2, 0.25) is 5.91 Å². The van der Waals surface area contributed by atoms with Gasteiger partial charge >= 0.3 is 11.7 Å². The summed E-state index contributed by atoms with van der Waals surface area (Å²) in [6, 6.07) is 2.98. The molecular weight excluding hydrogens is 472 g/mol. The van der Waals surface area contributed by atoms with Crippen LogP contribution in [0.5, 0.6) is 5.75 Å². The number of nitrogens with zero attached hydrogens (tertiary/aromatic N) is 1. The molecule has 1 aromatic rings. The summed E-state index contributed by atoms with van der Waals surface area (Å²) in [5.41, 5.74) is 0.0130. The van der Waals surface area contributed by atoms with Crippen LogP contribution >= 0.6 is 0 Å². The van der Waals surface area contributed by atoms with Crippen LogP contribution in [0.2, 0.25) is 0 Å². The molecular formula is C29H48N2O6. The van der Waals surface area contributed by atoms with E-state index in [1.807, 2.05) is 0 Å². The lowest BCUT2D eigenvalue weighted by Gasteiger charge is -2.17. The smallest absolute Gasteiger partial charge is 0.328 e. The predicted molar refractivity (Wildman–Crippen MR) is 147 cm³/mol. The molecule has 1 rings (SSSR count). The first-order valence-electron chi connectivity index (χ1n) is 14.3. The first-order valence-corrected chi connectivity index (χ1v) is 14.3. The number of hydrogen-bond donors (Lipinski definition) is 2. The van der Waals surface area contributed by atoms with Gasteiger partial charge in [0.25, 0.3) is 0 Å². The Hall–Kier alpha value is -2.64.